The van der Waals surface area contributed by atoms with Crippen molar-refractivity contribution in [3.63, 3.8) is 0 Å². The normalized spacial score (nSPS) is 10.5. The SMILES string of the molecule is O=C(O)c1ccc(-c2nnc(-c3ccnc(Cl)c3)o2)cc1. The average molecular weight is 302 g/mol. The van der Waals surface area contributed by atoms with E-state index in [1.165, 1.54) is 12.1 Å². The van der Waals surface area contributed by atoms with Crippen molar-refractivity contribution in [3.05, 3.63) is 53.3 Å². The fourth-order valence-electron chi connectivity index (χ4n) is 1.75. The van der Waals surface area contributed by atoms with Crippen molar-refractivity contribution < 1.29 is 14.3 Å². The summed E-state index contributed by atoms with van der Waals surface area (Å²) in [5.74, 6) is -0.370. The fraction of sp³-hybridized carbons (Fsp3) is 0. The third-order valence-electron chi connectivity index (χ3n) is 2.78. The molecule has 0 saturated carbocycles. The Bertz CT molecular complexity index is 799. The number of hydrogen-bond donors (Lipinski definition) is 1. The Balaban J connectivity index is 1.93. The molecule has 21 heavy (non-hydrogen) atoms. The molecule has 6 nitrogen and oxygen atoms in total. The average Bonchev–Trinajstić information content (AvgIpc) is 2.97. The summed E-state index contributed by atoms with van der Waals surface area (Å²) in [6.45, 7) is 0. The van der Waals surface area contributed by atoms with Gasteiger partial charge in [-0.2, -0.15) is 0 Å². The first-order chi connectivity index (χ1) is 10.1. The maximum absolute atomic E-state index is 10.8. The molecule has 0 saturated heterocycles. The molecule has 0 radical (unpaired) electrons. The largest absolute Gasteiger partial charge is 0.478 e. The summed E-state index contributed by atoms with van der Waals surface area (Å²) >= 11 is 5.81. The van der Waals surface area contributed by atoms with Crippen molar-refractivity contribution in [2.24, 2.45) is 0 Å². The molecule has 1 aromatic carbocycles. The molecular formula is C14H8ClN3O3. The van der Waals surface area contributed by atoms with Crippen molar-refractivity contribution in [2.45, 2.75) is 0 Å². The highest BCUT2D eigenvalue weighted by atomic mass is 35.5. The smallest absolute Gasteiger partial charge is 0.335 e. The zero-order valence-corrected chi connectivity index (χ0v) is 11.3. The fourth-order valence-corrected chi connectivity index (χ4v) is 1.92. The molecule has 7 heteroatoms. The maximum Gasteiger partial charge on any atom is 0.335 e. The maximum atomic E-state index is 10.8. The molecule has 0 spiro atoms. The second-order valence-corrected chi connectivity index (χ2v) is 4.55. The number of aromatic carboxylic acids is 1. The Labute approximate surface area is 124 Å². The van der Waals surface area contributed by atoms with Gasteiger partial charge in [0.05, 0.1) is 5.56 Å². The quantitative estimate of drug-likeness (QED) is 0.747. The molecule has 0 amide bonds. The minimum absolute atomic E-state index is 0.194. The van der Waals surface area contributed by atoms with E-state index in [2.05, 4.69) is 15.2 Å². The summed E-state index contributed by atoms with van der Waals surface area (Å²) in [6.07, 6.45) is 1.54. The second kappa shape index (κ2) is 5.34. The molecule has 2 heterocycles. The van der Waals surface area contributed by atoms with Crippen LogP contribution in [0.2, 0.25) is 5.15 Å². The van der Waals surface area contributed by atoms with Crippen LogP contribution in [-0.2, 0) is 0 Å². The molecule has 3 aromatic rings. The first-order valence-electron chi connectivity index (χ1n) is 5.92. The zero-order valence-electron chi connectivity index (χ0n) is 10.5. The summed E-state index contributed by atoms with van der Waals surface area (Å²) in [5.41, 5.74) is 1.49. The summed E-state index contributed by atoms with van der Waals surface area (Å²) < 4.78 is 5.56. The highest BCUT2D eigenvalue weighted by Gasteiger charge is 2.11. The third kappa shape index (κ3) is 2.75. The van der Waals surface area contributed by atoms with Crippen molar-refractivity contribution in [2.75, 3.05) is 0 Å². The number of aromatic nitrogens is 3. The first kappa shape index (κ1) is 13.3. The summed E-state index contributed by atoms with van der Waals surface area (Å²) in [4.78, 5) is 14.7. The lowest BCUT2D eigenvalue weighted by Crippen LogP contribution is -1.94. The van der Waals surface area contributed by atoms with Crippen molar-refractivity contribution >= 4 is 17.6 Å². The topological polar surface area (TPSA) is 89.1 Å². The number of nitrogens with zero attached hydrogens (tertiary/aromatic N) is 3. The van der Waals surface area contributed by atoms with E-state index in [0.717, 1.165) is 0 Å². The summed E-state index contributed by atoms with van der Waals surface area (Å²) in [7, 11) is 0. The Morgan fingerprint density at radius 1 is 1.05 bits per heavy atom. The van der Waals surface area contributed by atoms with Gasteiger partial charge in [0, 0.05) is 17.3 Å². The van der Waals surface area contributed by atoms with Gasteiger partial charge in [-0.05, 0) is 36.4 Å². The minimum atomic E-state index is -0.987. The summed E-state index contributed by atoms with van der Waals surface area (Å²) in [5, 5.41) is 17.1. The van der Waals surface area contributed by atoms with Gasteiger partial charge in [0.1, 0.15) is 5.15 Å². The number of benzene rings is 1. The van der Waals surface area contributed by atoms with Crippen LogP contribution in [0.1, 0.15) is 10.4 Å². The van der Waals surface area contributed by atoms with E-state index in [9.17, 15) is 4.79 Å². The Kier molecular flexibility index (Phi) is 3.37. The highest BCUT2D eigenvalue weighted by Crippen LogP contribution is 2.25. The highest BCUT2D eigenvalue weighted by molar-refractivity contribution is 6.29. The van der Waals surface area contributed by atoms with Crippen LogP contribution < -0.4 is 0 Å². The van der Waals surface area contributed by atoms with Crippen LogP contribution >= 0.6 is 11.6 Å². The number of carboxylic acids is 1. The Hall–Kier alpha value is -2.73. The number of hydrogen-bond acceptors (Lipinski definition) is 5. The molecule has 0 aliphatic heterocycles. The molecule has 0 fully saturated rings. The van der Waals surface area contributed by atoms with E-state index < -0.39 is 5.97 Å². The van der Waals surface area contributed by atoms with Gasteiger partial charge in [-0.15, -0.1) is 10.2 Å². The molecule has 1 N–H and O–H groups in total. The van der Waals surface area contributed by atoms with Crippen LogP contribution in [-0.4, -0.2) is 26.3 Å². The molecule has 0 aliphatic rings. The zero-order chi connectivity index (χ0) is 14.8. The molecule has 0 bridgehead atoms. The number of rotatable bonds is 3. The predicted octanol–water partition coefficient (Wildman–Crippen LogP) is 3.15. The number of halogens is 1. The van der Waals surface area contributed by atoms with Gasteiger partial charge in [0.15, 0.2) is 0 Å². The van der Waals surface area contributed by atoms with E-state index in [1.807, 2.05) is 0 Å². The van der Waals surface area contributed by atoms with Crippen LogP contribution in [0.3, 0.4) is 0 Å². The van der Waals surface area contributed by atoms with Crippen molar-refractivity contribution in [1.82, 2.24) is 15.2 Å². The second-order valence-electron chi connectivity index (χ2n) is 4.16. The molecule has 0 unspecified atom stereocenters. The van der Waals surface area contributed by atoms with Gasteiger partial charge >= 0.3 is 5.97 Å². The summed E-state index contributed by atoms with van der Waals surface area (Å²) in [6, 6.07) is 9.50. The van der Waals surface area contributed by atoms with Crippen LogP contribution in [0.15, 0.2) is 47.0 Å². The van der Waals surface area contributed by atoms with Crippen LogP contribution in [0.4, 0.5) is 0 Å². The molecule has 2 aromatic heterocycles. The van der Waals surface area contributed by atoms with Gasteiger partial charge in [-0.25, -0.2) is 9.78 Å². The van der Waals surface area contributed by atoms with E-state index in [-0.39, 0.29) is 5.56 Å². The Morgan fingerprint density at radius 3 is 2.33 bits per heavy atom. The lowest BCUT2D eigenvalue weighted by Gasteiger charge is -1.97. The predicted molar refractivity (Wildman–Crippen MR) is 74.9 cm³/mol. The monoisotopic (exact) mass is 301 g/mol. The number of carboxylic acid groups (broad SMARTS) is 1. The van der Waals surface area contributed by atoms with Gasteiger partial charge in [0.25, 0.3) is 0 Å². The van der Waals surface area contributed by atoms with Crippen LogP contribution in [0.5, 0.6) is 0 Å². The lowest BCUT2D eigenvalue weighted by molar-refractivity contribution is 0.0697. The van der Waals surface area contributed by atoms with Gasteiger partial charge < -0.3 is 9.52 Å². The first-order valence-corrected chi connectivity index (χ1v) is 6.30. The molecular weight excluding hydrogens is 294 g/mol. The van der Waals surface area contributed by atoms with Crippen LogP contribution in [0.25, 0.3) is 22.9 Å². The van der Waals surface area contributed by atoms with E-state index in [4.69, 9.17) is 21.1 Å². The number of pyridine rings is 1. The van der Waals surface area contributed by atoms with E-state index in [1.54, 1.807) is 30.5 Å². The third-order valence-corrected chi connectivity index (χ3v) is 2.98. The lowest BCUT2D eigenvalue weighted by atomic mass is 10.1. The van der Waals surface area contributed by atoms with Crippen LogP contribution in [0, 0.1) is 0 Å². The molecule has 0 aliphatic carbocycles. The van der Waals surface area contributed by atoms with Gasteiger partial charge in [-0.3, -0.25) is 0 Å². The van der Waals surface area contributed by atoms with E-state index in [0.29, 0.717) is 28.1 Å². The molecule has 104 valence electrons. The van der Waals surface area contributed by atoms with Crippen molar-refractivity contribution in [3.8, 4) is 22.9 Å². The Morgan fingerprint density at radius 2 is 1.71 bits per heavy atom. The number of carbonyl (C=O) groups is 1. The van der Waals surface area contributed by atoms with E-state index >= 15 is 0 Å². The van der Waals surface area contributed by atoms with Gasteiger partial charge in [-0.1, -0.05) is 11.6 Å². The minimum Gasteiger partial charge on any atom is -0.478 e. The molecule has 0 atom stereocenters. The van der Waals surface area contributed by atoms with Crippen molar-refractivity contribution in [1.29, 1.82) is 0 Å². The van der Waals surface area contributed by atoms with Gasteiger partial charge in [0.2, 0.25) is 11.8 Å². The molecule has 3 rings (SSSR count). The standard InChI is InChI=1S/C14H8ClN3O3/c15-11-7-10(5-6-16-11)13-18-17-12(21-13)8-1-3-9(4-2-8)14(19)20/h1-7H,(H,19,20).